The van der Waals surface area contributed by atoms with Crippen molar-refractivity contribution < 1.29 is 4.74 Å². The molecule has 0 aliphatic carbocycles. The van der Waals surface area contributed by atoms with Gasteiger partial charge in [-0.2, -0.15) is 0 Å². The zero-order valence-corrected chi connectivity index (χ0v) is 10.1. The van der Waals surface area contributed by atoms with E-state index in [-0.39, 0.29) is 5.41 Å². The number of fused-ring (bicyclic) bond motifs is 1. The van der Waals surface area contributed by atoms with Crippen LogP contribution in [-0.4, -0.2) is 6.61 Å². The summed E-state index contributed by atoms with van der Waals surface area (Å²) in [7, 11) is 0. The molecule has 2 rings (SSSR count). The maximum absolute atomic E-state index is 5.84. The lowest BCUT2D eigenvalue weighted by molar-refractivity contribution is 0.161. The highest BCUT2D eigenvalue weighted by Gasteiger charge is 2.45. The minimum absolute atomic E-state index is 0.205. The van der Waals surface area contributed by atoms with Crippen molar-refractivity contribution >= 4 is 0 Å². The van der Waals surface area contributed by atoms with Crippen molar-refractivity contribution in [3.63, 3.8) is 0 Å². The summed E-state index contributed by atoms with van der Waals surface area (Å²) in [6.07, 6.45) is 0. The molecule has 1 nitrogen and oxygen atoms in total. The van der Waals surface area contributed by atoms with Crippen molar-refractivity contribution in [1.82, 2.24) is 0 Å². The normalized spacial score (nSPS) is 18.0. The Balaban J connectivity index is 2.54. The van der Waals surface area contributed by atoms with E-state index in [2.05, 4.69) is 52.0 Å². The lowest BCUT2D eigenvalue weighted by Crippen LogP contribution is -2.39. The van der Waals surface area contributed by atoms with E-state index in [1.165, 1.54) is 5.56 Å². The van der Waals surface area contributed by atoms with Crippen LogP contribution in [0.4, 0.5) is 0 Å². The van der Waals surface area contributed by atoms with E-state index < -0.39 is 0 Å². The number of hydrogen-bond acceptors (Lipinski definition) is 1. The molecule has 1 aromatic rings. The van der Waals surface area contributed by atoms with Crippen molar-refractivity contribution in [2.75, 3.05) is 6.61 Å². The molecule has 1 aliphatic heterocycles. The summed E-state index contributed by atoms with van der Waals surface area (Å²) in [5.41, 5.74) is 1.60. The lowest BCUT2D eigenvalue weighted by Gasteiger charge is -2.36. The van der Waals surface area contributed by atoms with Gasteiger partial charge in [-0.15, -0.1) is 0 Å². The molecular weight excluding hydrogens is 184 g/mol. The molecule has 82 valence electrons. The molecule has 0 fully saturated rings. The van der Waals surface area contributed by atoms with E-state index in [1.54, 1.807) is 0 Å². The Kier molecular flexibility index (Phi) is 2.49. The molecule has 0 unspecified atom stereocenters. The number of para-hydroxylation sites is 1. The van der Waals surface area contributed by atoms with Gasteiger partial charge in [0.15, 0.2) is 0 Å². The average Bonchev–Trinajstić information content (AvgIpc) is 2.57. The summed E-state index contributed by atoms with van der Waals surface area (Å²) in [6.45, 7) is 10.0. The molecule has 0 N–H and O–H groups in total. The minimum Gasteiger partial charge on any atom is -0.492 e. The number of hydrogen-bond donors (Lipinski definition) is 0. The van der Waals surface area contributed by atoms with Crippen molar-refractivity contribution in [2.24, 2.45) is 11.8 Å². The summed E-state index contributed by atoms with van der Waals surface area (Å²) in [5.74, 6) is 2.31. The molecule has 15 heavy (non-hydrogen) atoms. The van der Waals surface area contributed by atoms with Gasteiger partial charge in [0.1, 0.15) is 5.75 Å². The Morgan fingerprint density at radius 1 is 1.07 bits per heavy atom. The van der Waals surface area contributed by atoms with Gasteiger partial charge >= 0.3 is 0 Å². The monoisotopic (exact) mass is 204 g/mol. The van der Waals surface area contributed by atoms with E-state index in [9.17, 15) is 0 Å². The van der Waals surface area contributed by atoms with Gasteiger partial charge in [0.2, 0.25) is 0 Å². The van der Waals surface area contributed by atoms with Crippen LogP contribution >= 0.6 is 0 Å². The third kappa shape index (κ3) is 1.37. The van der Waals surface area contributed by atoms with Gasteiger partial charge in [-0.3, -0.25) is 0 Å². The van der Waals surface area contributed by atoms with Gasteiger partial charge in [-0.1, -0.05) is 45.9 Å². The summed E-state index contributed by atoms with van der Waals surface area (Å²) in [6, 6.07) is 8.48. The van der Waals surface area contributed by atoms with Gasteiger partial charge in [0, 0.05) is 11.0 Å². The number of ether oxygens (including phenoxy) is 1. The quantitative estimate of drug-likeness (QED) is 0.714. The van der Waals surface area contributed by atoms with Gasteiger partial charge < -0.3 is 4.74 Å². The van der Waals surface area contributed by atoms with Gasteiger partial charge in [-0.05, 0) is 17.9 Å². The van der Waals surface area contributed by atoms with Gasteiger partial charge in [0.05, 0.1) is 6.61 Å². The minimum atomic E-state index is 0.205. The standard InChI is InChI=1S/C14H20O/c1-10(2)14(11(3)4)9-15-13-8-6-5-7-12(13)14/h5-8,10-11H,9H2,1-4H3. The molecule has 1 aliphatic rings. The summed E-state index contributed by atoms with van der Waals surface area (Å²) in [4.78, 5) is 0. The fourth-order valence-electron chi connectivity index (χ4n) is 2.87. The van der Waals surface area contributed by atoms with Crippen LogP contribution in [0.25, 0.3) is 0 Å². The van der Waals surface area contributed by atoms with Crippen LogP contribution in [0.15, 0.2) is 24.3 Å². The molecule has 1 heterocycles. The summed E-state index contributed by atoms with van der Waals surface area (Å²) < 4.78 is 5.84. The first kappa shape index (κ1) is 10.5. The van der Waals surface area contributed by atoms with Crippen molar-refractivity contribution in [3.05, 3.63) is 29.8 Å². The van der Waals surface area contributed by atoms with Crippen LogP contribution in [0.2, 0.25) is 0 Å². The fraction of sp³-hybridized carbons (Fsp3) is 0.571. The highest BCUT2D eigenvalue weighted by Crippen LogP contribution is 2.48. The second-order valence-corrected chi connectivity index (χ2v) is 5.13. The van der Waals surface area contributed by atoms with E-state index in [0.29, 0.717) is 11.8 Å². The molecule has 0 saturated heterocycles. The van der Waals surface area contributed by atoms with Crippen molar-refractivity contribution in [1.29, 1.82) is 0 Å². The Morgan fingerprint density at radius 3 is 2.27 bits per heavy atom. The SMILES string of the molecule is CC(C)C1(C(C)C)COc2ccccc21. The number of benzene rings is 1. The van der Waals surface area contributed by atoms with Crippen LogP contribution in [0.5, 0.6) is 5.75 Å². The highest BCUT2D eigenvalue weighted by atomic mass is 16.5. The topological polar surface area (TPSA) is 9.23 Å². The Morgan fingerprint density at radius 2 is 1.67 bits per heavy atom. The zero-order valence-electron chi connectivity index (χ0n) is 10.1. The maximum Gasteiger partial charge on any atom is 0.123 e. The molecule has 0 radical (unpaired) electrons. The maximum atomic E-state index is 5.84. The van der Waals surface area contributed by atoms with Crippen LogP contribution in [0.1, 0.15) is 33.3 Å². The third-order valence-corrected chi connectivity index (χ3v) is 3.92. The summed E-state index contributed by atoms with van der Waals surface area (Å²) in [5, 5.41) is 0. The zero-order chi connectivity index (χ0) is 11.1. The van der Waals surface area contributed by atoms with Gasteiger partial charge in [0.25, 0.3) is 0 Å². The van der Waals surface area contributed by atoms with E-state index >= 15 is 0 Å². The molecule has 0 aromatic heterocycles. The summed E-state index contributed by atoms with van der Waals surface area (Å²) >= 11 is 0. The first-order valence-corrected chi connectivity index (χ1v) is 5.81. The molecule has 0 saturated carbocycles. The Labute approximate surface area is 92.5 Å². The van der Waals surface area contributed by atoms with Crippen LogP contribution in [-0.2, 0) is 5.41 Å². The van der Waals surface area contributed by atoms with E-state index in [4.69, 9.17) is 4.74 Å². The predicted molar refractivity (Wildman–Crippen MR) is 63.3 cm³/mol. The molecule has 1 aromatic carbocycles. The lowest BCUT2D eigenvalue weighted by atomic mass is 9.66. The highest BCUT2D eigenvalue weighted by molar-refractivity contribution is 5.44. The molecular formula is C14H20O. The molecule has 1 heteroatoms. The molecule has 0 bridgehead atoms. The number of rotatable bonds is 2. The predicted octanol–water partition coefficient (Wildman–Crippen LogP) is 3.63. The van der Waals surface area contributed by atoms with Crippen molar-refractivity contribution in [3.8, 4) is 5.75 Å². The third-order valence-electron chi connectivity index (χ3n) is 3.92. The van der Waals surface area contributed by atoms with Gasteiger partial charge in [-0.25, -0.2) is 0 Å². The first-order chi connectivity index (χ1) is 7.09. The molecule has 0 spiro atoms. The van der Waals surface area contributed by atoms with E-state index in [1.807, 2.05) is 0 Å². The molecule has 0 amide bonds. The van der Waals surface area contributed by atoms with Crippen LogP contribution in [0.3, 0.4) is 0 Å². The van der Waals surface area contributed by atoms with Crippen molar-refractivity contribution in [2.45, 2.75) is 33.1 Å². The smallest absolute Gasteiger partial charge is 0.123 e. The Hall–Kier alpha value is -0.980. The van der Waals surface area contributed by atoms with E-state index in [0.717, 1.165) is 12.4 Å². The van der Waals surface area contributed by atoms with Crippen LogP contribution in [0, 0.1) is 11.8 Å². The second kappa shape index (κ2) is 3.55. The first-order valence-electron chi connectivity index (χ1n) is 5.81. The largest absolute Gasteiger partial charge is 0.492 e. The van der Waals surface area contributed by atoms with Crippen LogP contribution < -0.4 is 4.74 Å². The second-order valence-electron chi connectivity index (χ2n) is 5.13. The average molecular weight is 204 g/mol. The fourth-order valence-corrected chi connectivity index (χ4v) is 2.87. The Bertz CT molecular complexity index is 344. The molecule has 0 atom stereocenters.